The van der Waals surface area contributed by atoms with Crippen molar-refractivity contribution in [3.8, 4) is 5.75 Å². The van der Waals surface area contributed by atoms with Crippen LogP contribution in [0.3, 0.4) is 0 Å². The number of rotatable bonds is 8. The van der Waals surface area contributed by atoms with Crippen molar-refractivity contribution in [3.05, 3.63) is 23.8 Å². The van der Waals surface area contributed by atoms with Crippen LogP contribution in [0.5, 0.6) is 5.75 Å². The summed E-state index contributed by atoms with van der Waals surface area (Å²) in [4.78, 5) is 55.0. The minimum absolute atomic E-state index is 0.0694. The number of amides is 4. The summed E-state index contributed by atoms with van der Waals surface area (Å²) in [7, 11) is 0. The molecule has 0 saturated carbocycles. The first kappa shape index (κ1) is 25.9. The number of nitrogens with zero attached hydrogens (tertiary/aromatic N) is 4. The number of benzene rings is 1. The highest BCUT2D eigenvalue weighted by Gasteiger charge is 2.27. The maximum Gasteiger partial charge on any atom is 0.328 e. The van der Waals surface area contributed by atoms with Crippen LogP contribution in [0.15, 0.2) is 18.2 Å². The van der Waals surface area contributed by atoms with Crippen LogP contribution in [0, 0.1) is 12.8 Å². The maximum absolute atomic E-state index is 12.8. The SMILES string of the molecule is Cc1ccc(OCC(=O)N2CCN(CC3CCN(CC(=O)O)CC3)CC2)cc1N1CCC(=O)NC1=O. The van der Waals surface area contributed by atoms with E-state index in [-0.39, 0.29) is 31.4 Å². The Morgan fingerprint density at radius 1 is 1.03 bits per heavy atom. The highest BCUT2D eigenvalue weighted by Crippen LogP contribution is 2.27. The zero-order chi connectivity index (χ0) is 25.7. The van der Waals surface area contributed by atoms with Gasteiger partial charge in [-0.1, -0.05) is 6.07 Å². The molecule has 196 valence electrons. The fourth-order valence-electron chi connectivity index (χ4n) is 5.06. The van der Waals surface area contributed by atoms with Gasteiger partial charge in [-0.2, -0.15) is 0 Å². The Bertz CT molecular complexity index is 985. The smallest absolute Gasteiger partial charge is 0.328 e. The largest absolute Gasteiger partial charge is 0.484 e. The minimum Gasteiger partial charge on any atom is -0.484 e. The molecule has 0 aromatic heterocycles. The summed E-state index contributed by atoms with van der Waals surface area (Å²) in [6, 6.07) is 4.89. The van der Waals surface area contributed by atoms with Crippen molar-refractivity contribution >= 4 is 29.5 Å². The van der Waals surface area contributed by atoms with Gasteiger partial charge in [-0.3, -0.25) is 34.4 Å². The number of carbonyl (C=O) groups is 4. The van der Waals surface area contributed by atoms with E-state index in [0.29, 0.717) is 37.0 Å². The third-order valence-electron chi connectivity index (χ3n) is 7.20. The lowest BCUT2D eigenvalue weighted by atomic mass is 9.96. The van der Waals surface area contributed by atoms with Gasteiger partial charge < -0.3 is 14.7 Å². The number of urea groups is 1. The second-order valence-electron chi connectivity index (χ2n) is 9.79. The monoisotopic (exact) mass is 501 g/mol. The Morgan fingerprint density at radius 3 is 2.42 bits per heavy atom. The van der Waals surface area contributed by atoms with Crippen molar-refractivity contribution in [2.24, 2.45) is 5.92 Å². The lowest BCUT2D eigenvalue weighted by molar-refractivity contribution is -0.139. The Hall–Kier alpha value is -3.18. The summed E-state index contributed by atoms with van der Waals surface area (Å²) in [6.07, 6.45) is 2.26. The standard InChI is InChI=1S/C25H35N5O6/c1-18-2-3-20(14-21(18)30-9-6-22(31)26-25(30)35)36-17-23(32)29-12-10-28(11-13-29)15-19-4-7-27(8-5-19)16-24(33)34/h2-3,14,19H,4-13,15-17H2,1H3,(H,33,34)(H,26,31,35). The molecule has 3 aliphatic heterocycles. The summed E-state index contributed by atoms with van der Waals surface area (Å²) in [5, 5.41) is 11.3. The average molecular weight is 502 g/mol. The number of imide groups is 1. The van der Waals surface area contributed by atoms with E-state index in [9.17, 15) is 19.2 Å². The van der Waals surface area contributed by atoms with Gasteiger partial charge in [-0.05, 0) is 50.4 Å². The molecule has 2 N–H and O–H groups in total. The number of piperazine rings is 1. The minimum atomic E-state index is -0.770. The molecule has 0 aliphatic carbocycles. The van der Waals surface area contributed by atoms with Crippen LogP contribution in [-0.2, 0) is 14.4 Å². The highest BCUT2D eigenvalue weighted by molar-refractivity contribution is 6.06. The number of carbonyl (C=O) groups excluding carboxylic acids is 3. The van der Waals surface area contributed by atoms with Crippen LogP contribution in [0.2, 0.25) is 0 Å². The number of aryl methyl sites for hydroxylation is 1. The van der Waals surface area contributed by atoms with Crippen LogP contribution in [-0.4, -0.2) is 109 Å². The number of hydrogen-bond donors (Lipinski definition) is 2. The average Bonchev–Trinajstić information content (AvgIpc) is 2.85. The predicted molar refractivity (Wildman–Crippen MR) is 132 cm³/mol. The number of aliphatic carboxylic acids is 1. The first-order chi connectivity index (χ1) is 17.3. The molecule has 3 fully saturated rings. The number of piperidine rings is 1. The molecule has 1 aromatic rings. The number of carboxylic acid groups (broad SMARTS) is 1. The van der Waals surface area contributed by atoms with Gasteiger partial charge >= 0.3 is 12.0 Å². The van der Waals surface area contributed by atoms with Gasteiger partial charge in [0.25, 0.3) is 5.91 Å². The molecule has 3 saturated heterocycles. The molecule has 0 atom stereocenters. The van der Waals surface area contributed by atoms with E-state index in [1.807, 2.05) is 22.8 Å². The van der Waals surface area contributed by atoms with Crippen LogP contribution < -0.4 is 15.0 Å². The number of likely N-dealkylation sites (tertiary alicyclic amines) is 1. The molecule has 11 nitrogen and oxygen atoms in total. The van der Waals surface area contributed by atoms with E-state index in [2.05, 4.69) is 10.2 Å². The molecule has 0 bridgehead atoms. The van der Waals surface area contributed by atoms with E-state index in [1.165, 1.54) is 4.90 Å². The van der Waals surface area contributed by atoms with Gasteiger partial charge in [0.05, 0.1) is 12.2 Å². The number of hydrogen-bond acceptors (Lipinski definition) is 7. The molecule has 3 heterocycles. The number of carboxylic acids is 1. The van der Waals surface area contributed by atoms with E-state index in [1.54, 1.807) is 12.1 Å². The Kier molecular flexibility index (Phi) is 8.42. The molecule has 11 heteroatoms. The molecule has 36 heavy (non-hydrogen) atoms. The zero-order valence-electron chi connectivity index (χ0n) is 20.8. The fourth-order valence-corrected chi connectivity index (χ4v) is 5.06. The summed E-state index contributed by atoms with van der Waals surface area (Å²) < 4.78 is 5.77. The van der Waals surface area contributed by atoms with E-state index in [0.717, 1.165) is 51.1 Å². The lowest BCUT2D eigenvalue weighted by Crippen LogP contribution is -2.51. The molecule has 1 aromatic carbocycles. The topological polar surface area (TPSA) is 123 Å². The van der Waals surface area contributed by atoms with E-state index in [4.69, 9.17) is 9.84 Å². The predicted octanol–water partition coefficient (Wildman–Crippen LogP) is 0.761. The second kappa shape index (κ2) is 11.7. The van der Waals surface area contributed by atoms with E-state index < -0.39 is 12.0 Å². The van der Waals surface area contributed by atoms with Crippen LogP contribution in [0.4, 0.5) is 10.5 Å². The summed E-state index contributed by atoms with van der Waals surface area (Å²) in [5.41, 5.74) is 1.54. The van der Waals surface area contributed by atoms with Gasteiger partial charge in [-0.25, -0.2) is 4.79 Å². The normalized spacial score (nSPS) is 20.4. The van der Waals surface area contributed by atoms with Crippen molar-refractivity contribution in [1.29, 1.82) is 0 Å². The molecular formula is C25H35N5O6. The van der Waals surface area contributed by atoms with Crippen LogP contribution in [0.1, 0.15) is 24.8 Å². The third kappa shape index (κ3) is 6.73. The summed E-state index contributed by atoms with van der Waals surface area (Å²) in [5.74, 6) is -0.0562. The maximum atomic E-state index is 12.8. The Morgan fingerprint density at radius 2 is 1.75 bits per heavy atom. The number of ether oxygens (including phenoxy) is 1. The van der Waals surface area contributed by atoms with Gasteiger partial charge in [0.1, 0.15) is 5.75 Å². The Balaban J connectivity index is 1.20. The lowest BCUT2D eigenvalue weighted by Gasteiger charge is -2.38. The van der Waals surface area contributed by atoms with Crippen LogP contribution >= 0.6 is 0 Å². The first-order valence-corrected chi connectivity index (χ1v) is 12.6. The molecule has 3 aliphatic rings. The van der Waals surface area contributed by atoms with Crippen molar-refractivity contribution in [2.45, 2.75) is 26.2 Å². The molecule has 4 rings (SSSR count). The van der Waals surface area contributed by atoms with Gasteiger partial charge in [0, 0.05) is 51.8 Å². The number of anilines is 1. The van der Waals surface area contributed by atoms with Crippen molar-refractivity contribution < 1.29 is 29.0 Å². The fraction of sp³-hybridized carbons (Fsp3) is 0.600. The summed E-state index contributed by atoms with van der Waals surface area (Å²) in [6.45, 7) is 7.82. The molecule has 0 spiro atoms. The van der Waals surface area contributed by atoms with E-state index >= 15 is 0 Å². The van der Waals surface area contributed by atoms with Gasteiger partial charge in [0.15, 0.2) is 6.61 Å². The highest BCUT2D eigenvalue weighted by atomic mass is 16.5. The quantitative estimate of drug-likeness (QED) is 0.535. The van der Waals surface area contributed by atoms with Crippen molar-refractivity contribution in [2.75, 3.05) is 70.4 Å². The Labute approximate surface area is 210 Å². The molecule has 0 radical (unpaired) electrons. The van der Waals surface area contributed by atoms with Crippen molar-refractivity contribution in [3.63, 3.8) is 0 Å². The van der Waals surface area contributed by atoms with Gasteiger partial charge in [0.2, 0.25) is 5.91 Å². The third-order valence-corrected chi connectivity index (χ3v) is 7.20. The summed E-state index contributed by atoms with van der Waals surface area (Å²) >= 11 is 0. The van der Waals surface area contributed by atoms with Crippen molar-refractivity contribution in [1.82, 2.24) is 20.0 Å². The molecule has 4 amide bonds. The number of nitrogens with one attached hydrogen (secondary N) is 1. The molecule has 0 unspecified atom stereocenters. The second-order valence-corrected chi connectivity index (χ2v) is 9.79. The zero-order valence-corrected chi connectivity index (χ0v) is 20.8. The first-order valence-electron chi connectivity index (χ1n) is 12.6. The van der Waals surface area contributed by atoms with Gasteiger partial charge in [-0.15, -0.1) is 0 Å². The molecular weight excluding hydrogens is 466 g/mol. The van der Waals surface area contributed by atoms with Crippen LogP contribution in [0.25, 0.3) is 0 Å².